The zero-order valence-corrected chi connectivity index (χ0v) is 12.5. The number of thioether (sulfide) groups is 1. The molecule has 0 bridgehead atoms. The van der Waals surface area contributed by atoms with Crippen LogP contribution in [0.1, 0.15) is 20.3 Å². The third kappa shape index (κ3) is 4.29. The van der Waals surface area contributed by atoms with Crippen LogP contribution in [0.4, 0.5) is 4.79 Å². The normalized spacial score (nSPS) is 17.9. The van der Waals surface area contributed by atoms with E-state index >= 15 is 0 Å². The van der Waals surface area contributed by atoms with E-state index < -0.39 is 24.0 Å². The molecule has 1 N–H and O–H groups in total. The molecule has 114 valence electrons. The highest BCUT2D eigenvalue weighted by molar-refractivity contribution is 7.99. The summed E-state index contributed by atoms with van der Waals surface area (Å²) >= 11 is 1.39. The summed E-state index contributed by atoms with van der Waals surface area (Å²) in [6.07, 6.45) is 0.684. The molecular weight excluding hydrogens is 284 g/mol. The molecule has 1 saturated heterocycles. The van der Waals surface area contributed by atoms with Gasteiger partial charge in [0.15, 0.2) is 0 Å². The van der Waals surface area contributed by atoms with Crippen molar-refractivity contribution in [3.8, 4) is 0 Å². The average molecular weight is 304 g/mol. The molecule has 1 aliphatic rings. The number of ether oxygens (including phenoxy) is 1. The number of hydrogen-bond donors (Lipinski definition) is 1. The van der Waals surface area contributed by atoms with Crippen molar-refractivity contribution in [3.63, 3.8) is 0 Å². The highest BCUT2D eigenvalue weighted by atomic mass is 32.2. The fourth-order valence-corrected chi connectivity index (χ4v) is 3.03. The van der Waals surface area contributed by atoms with Crippen LogP contribution in [0.3, 0.4) is 0 Å². The van der Waals surface area contributed by atoms with Gasteiger partial charge in [-0.05, 0) is 13.3 Å². The minimum Gasteiger partial charge on any atom is -0.480 e. The molecule has 0 aromatic carbocycles. The lowest BCUT2D eigenvalue weighted by atomic mass is 10.3. The largest absolute Gasteiger partial charge is 0.480 e. The summed E-state index contributed by atoms with van der Waals surface area (Å²) in [7, 11) is 0. The standard InChI is InChI=1S/C12H20N2O5S/c1-3-5-13(6-10(15)19-4-2)12(18)14-8-20-7-9(14)11(16)17/h9H,3-8H2,1-2H3,(H,16,17)/t9-/m0/s1. The number of rotatable bonds is 6. The van der Waals surface area contributed by atoms with Crippen molar-refractivity contribution < 1.29 is 24.2 Å². The molecule has 2 amide bonds. The maximum Gasteiger partial charge on any atom is 0.327 e. The van der Waals surface area contributed by atoms with Crippen molar-refractivity contribution in [2.24, 2.45) is 0 Å². The van der Waals surface area contributed by atoms with Crippen molar-refractivity contribution in [1.29, 1.82) is 0 Å². The lowest BCUT2D eigenvalue weighted by Crippen LogP contribution is -2.50. The predicted octanol–water partition coefficient (Wildman–Crippen LogP) is 0.841. The predicted molar refractivity (Wildman–Crippen MR) is 74.5 cm³/mol. The van der Waals surface area contributed by atoms with Crippen LogP contribution >= 0.6 is 11.8 Å². The first-order chi connectivity index (χ1) is 9.51. The van der Waals surface area contributed by atoms with Gasteiger partial charge in [-0.1, -0.05) is 6.92 Å². The fourth-order valence-electron chi connectivity index (χ4n) is 1.89. The minimum absolute atomic E-state index is 0.145. The second kappa shape index (κ2) is 7.98. The Morgan fingerprint density at radius 2 is 2.10 bits per heavy atom. The third-order valence-electron chi connectivity index (χ3n) is 2.80. The van der Waals surface area contributed by atoms with Gasteiger partial charge in [-0.15, -0.1) is 11.8 Å². The topological polar surface area (TPSA) is 87.2 Å². The van der Waals surface area contributed by atoms with Crippen LogP contribution in [-0.2, 0) is 14.3 Å². The smallest absolute Gasteiger partial charge is 0.327 e. The summed E-state index contributed by atoms with van der Waals surface area (Å²) < 4.78 is 4.83. The van der Waals surface area contributed by atoms with Gasteiger partial charge in [-0.3, -0.25) is 4.79 Å². The number of aliphatic carboxylic acids is 1. The van der Waals surface area contributed by atoms with E-state index in [1.165, 1.54) is 21.6 Å². The second-order valence-electron chi connectivity index (χ2n) is 4.33. The van der Waals surface area contributed by atoms with Gasteiger partial charge >= 0.3 is 18.0 Å². The van der Waals surface area contributed by atoms with Gasteiger partial charge in [0, 0.05) is 12.3 Å². The molecule has 8 heteroatoms. The maximum absolute atomic E-state index is 12.4. The van der Waals surface area contributed by atoms with Gasteiger partial charge in [-0.25, -0.2) is 9.59 Å². The molecular formula is C12H20N2O5S. The van der Waals surface area contributed by atoms with E-state index in [1.807, 2.05) is 6.92 Å². The van der Waals surface area contributed by atoms with Crippen LogP contribution in [0, 0.1) is 0 Å². The van der Waals surface area contributed by atoms with E-state index in [1.54, 1.807) is 6.92 Å². The van der Waals surface area contributed by atoms with E-state index in [0.29, 0.717) is 24.6 Å². The zero-order chi connectivity index (χ0) is 15.1. The van der Waals surface area contributed by atoms with E-state index in [4.69, 9.17) is 9.84 Å². The van der Waals surface area contributed by atoms with Gasteiger partial charge in [-0.2, -0.15) is 0 Å². The molecule has 0 aromatic rings. The van der Waals surface area contributed by atoms with E-state index in [9.17, 15) is 14.4 Å². The molecule has 1 fully saturated rings. The van der Waals surface area contributed by atoms with Crippen molar-refractivity contribution in [2.75, 3.05) is 31.3 Å². The Balaban J connectivity index is 2.72. The molecule has 1 aliphatic heterocycles. The summed E-state index contributed by atoms with van der Waals surface area (Å²) in [5, 5.41) is 9.09. The lowest BCUT2D eigenvalue weighted by Gasteiger charge is -2.28. The Morgan fingerprint density at radius 1 is 1.40 bits per heavy atom. The minimum atomic E-state index is -1.02. The number of amides is 2. The fraction of sp³-hybridized carbons (Fsp3) is 0.750. The molecule has 20 heavy (non-hydrogen) atoms. The van der Waals surface area contributed by atoms with Crippen LogP contribution < -0.4 is 0 Å². The van der Waals surface area contributed by atoms with Gasteiger partial charge in [0.1, 0.15) is 12.6 Å². The molecule has 1 atom stereocenters. The molecule has 1 rings (SSSR count). The Bertz CT molecular complexity index is 377. The van der Waals surface area contributed by atoms with Gasteiger partial charge in [0.05, 0.1) is 12.5 Å². The number of carbonyl (C=O) groups is 3. The summed E-state index contributed by atoms with van der Waals surface area (Å²) in [6.45, 7) is 4.09. The Morgan fingerprint density at radius 3 is 2.65 bits per heavy atom. The second-order valence-corrected chi connectivity index (χ2v) is 5.33. The maximum atomic E-state index is 12.4. The van der Waals surface area contributed by atoms with Crippen molar-refractivity contribution >= 4 is 29.7 Å². The Kier molecular flexibility index (Phi) is 6.63. The van der Waals surface area contributed by atoms with E-state index in [-0.39, 0.29) is 13.2 Å². The van der Waals surface area contributed by atoms with Crippen molar-refractivity contribution in [3.05, 3.63) is 0 Å². The first-order valence-corrected chi connectivity index (χ1v) is 7.68. The molecule has 1 heterocycles. The number of carboxylic acids is 1. The molecule has 0 aliphatic carbocycles. The first kappa shape index (κ1) is 16.6. The number of nitrogens with zero attached hydrogens (tertiary/aromatic N) is 2. The zero-order valence-electron chi connectivity index (χ0n) is 11.7. The number of esters is 1. The SMILES string of the molecule is CCCN(CC(=O)OCC)C(=O)N1CSC[C@H]1C(=O)O. The van der Waals surface area contributed by atoms with Crippen LogP contribution in [0.5, 0.6) is 0 Å². The lowest BCUT2D eigenvalue weighted by molar-refractivity contribution is -0.143. The Hall–Kier alpha value is -1.44. The van der Waals surface area contributed by atoms with E-state index in [2.05, 4.69) is 0 Å². The van der Waals surface area contributed by atoms with Crippen LogP contribution in [0.15, 0.2) is 0 Å². The summed E-state index contributed by atoms with van der Waals surface area (Å²) in [5.41, 5.74) is 0. The average Bonchev–Trinajstić information content (AvgIpc) is 2.87. The summed E-state index contributed by atoms with van der Waals surface area (Å²) in [5.74, 6) is -0.789. The molecule has 0 radical (unpaired) electrons. The third-order valence-corrected chi connectivity index (χ3v) is 3.81. The molecule has 7 nitrogen and oxygen atoms in total. The molecule has 0 aromatic heterocycles. The monoisotopic (exact) mass is 304 g/mol. The van der Waals surface area contributed by atoms with Crippen LogP contribution in [0.25, 0.3) is 0 Å². The number of hydrogen-bond acceptors (Lipinski definition) is 5. The summed E-state index contributed by atoms with van der Waals surface area (Å²) in [4.78, 5) is 37.6. The van der Waals surface area contributed by atoms with E-state index in [0.717, 1.165) is 0 Å². The van der Waals surface area contributed by atoms with Crippen molar-refractivity contribution in [2.45, 2.75) is 26.3 Å². The first-order valence-electron chi connectivity index (χ1n) is 6.52. The molecule has 0 spiro atoms. The number of carboxylic acid groups (broad SMARTS) is 1. The highest BCUT2D eigenvalue weighted by Crippen LogP contribution is 2.22. The molecule has 0 unspecified atom stereocenters. The summed E-state index contributed by atoms with van der Waals surface area (Å²) in [6, 6.07) is -1.24. The van der Waals surface area contributed by atoms with Crippen LogP contribution in [0.2, 0.25) is 0 Å². The van der Waals surface area contributed by atoms with Gasteiger partial charge in [0.25, 0.3) is 0 Å². The van der Waals surface area contributed by atoms with Gasteiger partial charge in [0.2, 0.25) is 0 Å². The highest BCUT2D eigenvalue weighted by Gasteiger charge is 2.37. The van der Waals surface area contributed by atoms with Gasteiger partial charge < -0.3 is 19.6 Å². The van der Waals surface area contributed by atoms with Crippen molar-refractivity contribution in [1.82, 2.24) is 9.80 Å². The Labute approximate surface area is 122 Å². The quantitative estimate of drug-likeness (QED) is 0.732. The van der Waals surface area contributed by atoms with Crippen LogP contribution in [-0.4, -0.2) is 70.2 Å². The molecule has 0 saturated carbocycles. The number of urea groups is 1. The number of carbonyl (C=O) groups excluding carboxylic acids is 2.